The van der Waals surface area contributed by atoms with E-state index in [-0.39, 0.29) is 11.9 Å². The first-order valence-corrected chi connectivity index (χ1v) is 13.1. The lowest BCUT2D eigenvalue weighted by atomic mass is 10.0. The minimum Gasteiger partial charge on any atom is -0.450 e. The molecule has 2 aromatic heterocycles. The van der Waals surface area contributed by atoms with Crippen LogP contribution in [0.2, 0.25) is 0 Å². The maximum atomic E-state index is 12.7. The van der Waals surface area contributed by atoms with Gasteiger partial charge in [-0.2, -0.15) is 0 Å². The van der Waals surface area contributed by atoms with Crippen LogP contribution in [0.15, 0.2) is 24.5 Å². The molecule has 198 valence electrons. The summed E-state index contributed by atoms with van der Waals surface area (Å²) in [7, 11) is 0. The van der Waals surface area contributed by atoms with Gasteiger partial charge >= 0.3 is 6.09 Å². The number of hydrogen-bond acceptors (Lipinski definition) is 6. The zero-order valence-electron chi connectivity index (χ0n) is 22.3. The zero-order valence-corrected chi connectivity index (χ0v) is 22.3. The predicted octanol–water partition coefficient (Wildman–Crippen LogP) is 4.31. The van der Waals surface area contributed by atoms with Gasteiger partial charge in [0.05, 0.1) is 6.61 Å². The van der Waals surface area contributed by atoms with Crippen LogP contribution in [-0.2, 0) is 4.74 Å². The maximum Gasteiger partial charge on any atom is 0.407 e. The Bertz CT molecular complexity index is 997. The van der Waals surface area contributed by atoms with Crippen LogP contribution in [0.25, 0.3) is 11.1 Å². The van der Waals surface area contributed by atoms with Crippen molar-refractivity contribution in [2.24, 2.45) is 0 Å². The quantitative estimate of drug-likeness (QED) is 0.344. The van der Waals surface area contributed by atoms with Crippen LogP contribution in [0, 0.1) is 6.92 Å². The third kappa shape index (κ3) is 7.98. The van der Waals surface area contributed by atoms with E-state index in [0.717, 1.165) is 61.3 Å². The molecule has 0 bridgehead atoms. The second kappa shape index (κ2) is 13.3. The Labute approximate surface area is 214 Å². The fourth-order valence-electron chi connectivity index (χ4n) is 4.31. The second-order valence-corrected chi connectivity index (χ2v) is 9.98. The van der Waals surface area contributed by atoms with Gasteiger partial charge in [0.2, 0.25) is 0 Å². The first-order chi connectivity index (χ1) is 17.3. The largest absolute Gasteiger partial charge is 0.450 e. The van der Waals surface area contributed by atoms with Gasteiger partial charge in [-0.15, -0.1) is 0 Å². The van der Waals surface area contributed by atoms with E-state index in [2.05, 4.69) is 50.7 Å². The van der Waals surface area contributed by atoms with Crippen LogP contribution in [0.1, 0.15) is 69.4 Å². The van der Waals surface area contributed by atoms with Crippen molar-refractivity contribution < 1.29 is 14.3 Å². The summed E-state index contributed by atoms with van der Waals surface area (Å²) in [4.78, 5) is 34.6. The molecule has 0 aliphatic carbocycles. The van der Waals surface area contributed by atoms with E-state index >= 15 is 0 Å². The number of hydrogen-bond donors (Lipinski definition) is 4. The molecule has 0 radical (unpaired) electrons. The molecule has 3 heterocycles. The highest BCUT2D eigenvalue weighted by Crippen LogP contribution is 2.27. The number of aromatic nitrogens is 2. The van der Waals surface area contributed by atoms with E-state index < -0.39 is 6.09 Å². The molecule has 1 atom stereocenters. The van der Waals surface area contributed by atoms with Crippen molar-refractivity contribution in [1.29, 1.82) is 0 Å². The highest BCUT2D eigenvalue weighted by Gasteiger charge is 2.21. The summed E-state index contributed by atoms with van der Waals surface area (Å²) >= 11 is 0. The number of rotatable bonds is 11. The van der Waals surface area contributed by atoms with Crippen LogP contribution >= 0.6 is 0 Å². The topological polar surface area (TPSA) is 111 Å². The SMILES string of the molecule is CCCCOC(=O)NC[C@H](C)NC(=O)c1cc(-c2cc(NC3CCN(C(C)C)CC3)ncc2C)c[nH]1. The number of ether oxygens (including phenoxy) is 1. The van der Waals surface area contributed by atoms with Crippen molar-refractivity contribution >= 4 is 17.8 Å². The normalized spacial score (nSPS) is 15.5. The first-order valence-electron chi connectivity index (χ1n) is 13.1. The molecule has 1 aliphatic rings. The Morgan fingerprint density at radius 2 is 1.97 bits per heavy atom. The van der Waals surface area contributed by atoms with Crippen molar-refractivity contribution in [3.05, 3.63) is 35.8 Å². The minimum absolute atomic E-state index is 0.225. The van der Waals surface area contributed by atoms with E-state index in [0.29, 0.717) is 30.9 Å². The Morgan fingerprint density at radius 1 is 1.22 bits per heavy atom. The smallest absolute Gasteiger partial charge is 0.407 e. The van der Waals surface area contributed by atoms with Crippen LogP contribution in [-0.4, -0.2) is 71.2 Å². The van der Waals surface area contributed by atoms with Gasteiger partial charge in [-0.25, -0.2) is 9.78 Å². The molecule has 0 saturated carbocycles. The van der Waals surface area contributed by atoms with Crippen molar-refractivity contribution in [2.75, 3.05) is 31.6 Å². The van der Waals surface area contributed by atoms with Gasteiger partial charge < -0.3 is 30.6 Å². The number of amides is 2. The van der Waals surface area contributed by atoms with Crippen molar-refractivity contribution in [2.45, 2.75) is 78.4 Å². The van der Waals surface area contributed by atoms with Crippen LogP contribution in [0.5, 0.6) is 0 Å². The Hall–Kier alpha value is -3.07. The third-order valence-electron chi connectivity index (χ3n) is 6.61. The first kappa shape index (κ1) is 27.5. The number of likely N-dealkylation sites (tertiary alicyclic amines) is 1. The minimum atomic E-state index is -0.463. The number of aryl methyl sites for hydroxylation is 1. The number of pyridine rings is 1. The van der Waals surface area contributed by atoms with Gasteiger partial charge in [0.25, 0.3) is 5.91 Å². The summed E-state index contributed by atoms with van der Waals surface area (Å²) in [5.41, 5.74) is 3.48. The third-order valence-corrected chi connectivity index (χ3v) is 6.61. The number of carbonyl (C=O) groups excluding carboxylic acids is 2. The molecule has 1 fully saturated rings. The predicted molar refractivity (Wildman–Crippen MR) is 143 cm³/mol. The van der Waals surface area contributed by atoms with Crippen molar-refractivity contribution in [1.82, 2.24) is 25.5 Å². The maximum absolute atomic E-state index is 12.7. The molecular formula is C27H42N6O3. The number of nitrogens with one attached hydrogen (secondary N) is 4. The second-order valence-electron chi connectivity index (χ2n) is 9.98. The van der Waals surface area contributed by atoms with E-state index in [4.69, 9.17) is 4.74 Å². The molecule has 0 aromatic carbocycles. The molecule has 9 heteroatoms. The van der Waals surface area contributed by atoms with Gasteiger partial charge in [-0.05, 0) is 70.2 Å². The van der Waals surface area contributed by atoms with Crippen LogP contribution in [0.4, 0.5) is 10.6 Å². The van der Waals surface area contributed by atoms with Gasteiger partial charge in [-0.1, -0.05) is 13.3 Å². The molecule has 3 rings (SSSR count). The summed E-state index contributed by atoms with van der Waals surface area (Å²) in [6.45, 7) is 13.3. The van der Waals surface area contributed by atoms with E-state index in [1.807, 2.05) is 39.2 Å². The average molecular weight is 499 g/mol. The van der Waals surface area contributed by atoms with Crippen molar-refractivity contribution in [3.8, 4) is 11.1 Å². The number of H-pyrrole nitrogens is 1. The van der Waals surface area contributed by atoms with Gasteiger partial charge in [0.15, 0.2) is 0 Å². The van der Waals surface area contributed by atoms with Crippen LogP contribution < -0.4 is 16.0 Å². The molecule has 0 spiro atoms. The van der Waals surface area contributed by atoms with E-state index in [1.54, 1.807) is 0 Å². The average Bonchev–Trinajstić information content (AvgIpc) is 3.35. The van der Waals surface area contributed by atoms with Gasteiger partial charge in [-0.3, -0.25) is 4.79 Å². The molecule has 2 amide bonds. The number of unbranched alkanes of at least 4 members (excludes halogenated alkanes) is 1. The van der Waals surface area contributed by atoms with E-state index in [1.165, 1.54) is 0 Å². The summed E-state index contributed by atoms with van der Waals surface area (Å²) in [5, 5.41) is 9.19. The highest BCUT2D eigenvalue weighted by molar-refractivity contribution is 5.94. The summed E-state index contributed by atoms with van der Waals surface area (Å²) in [6, 6.07) is 4.66. The Kier molecular flexibility index (Phi) is 10.2. The lowest BCUT2D eigenvalue weighted by Gasteiger charge is -2.35. The van der Waals surface area contributed by atoms with Crippen molar-refractivity contribution in [3.63, 3.8) is 0 Å². The fourth-order valence-corrected chi connectivity index (χ4v) is 4.31. The molecule has 9 nitrogen and oxygen atoms in total. The number of aromatic amines is 1. The number of carbonyl (C=O) groups is 2. The highest BCUT2D eigenvalue weighted by atomic mass is 16.5. The summed E-state index contributed by atoms with van der Waals surface area (Å²) in [5.74, 6) is 0.633. The molecule has 1 aliphatic heterocycles. The lowest BCUT2D eigenvalue weighted by Crippen LogP contribution is -2.42. The van der Waals surface area contributed by atoms with Gasteiger partial charge in [0, 0.05) is 55.7 Å². The number of alkyl carbamates (subject to hydrolysis) is 1. The number of nitrogens with zero attached hydrogens (tertiary/aromatic N) is 2. The van der Waals surface area contributed by atoms with Gasteiger partial charge in [0.1, 0.15) is 11.5 Å². The zero-order chi connectivity index (χ0) is 26.1. The number of anilines is 1. The molecule has 1 saturated heterocycles. The molecular weight excluding hydrogens is 456 g/mol. The Balaban J connectivity index is 1.55. The standard InChI is InChI=1S/C27H42N6O3/c1-6-7-12-36-27(35)30-16-20(5)31-26(34)24-13-21(17-28-24)23-14-25(29-15-19(23)4)32-22-8-10-33(11-9-22)18(2)3/h13-15,17-18,20,22,28H,6-12,16H2,1-5H3,(H,29,32)(H,30,35)(H,31,34)/t20-/m0/s1. The monoisotopic (exact) mass is 498 g/mol. The fraction of sp³-hybridized carbons (Fsp3) is 0.593. The molecule has 0 unspecified atom stereocenters. The lowest BCUT2D eigenvalue weighted by molar-refractivity contribution is 0.0932. The van der Waals surface area contributed by atoms with Crippen LogP contribution in [0.3, 0.4) is 0 Å². The molecule has 2 aromatic rings. The van der Waals surface area contributed by atoms with E-state index in [9.17, 15) is 9.59 Å². The summed E-state index contributed by atoms with van der Waals surface area (Å²) in [6.07, 6.45) is 7.25. The number of piperidine rings is 1. The molecule has 36 heavy (non-hydrogen) atoms. The Morgan fingerprint density at radius 3 is 2.67 bits per heavy atom. The summed E-state index contributed by atoms with van der Waals surface area (Å²) < 4.78 is 5.08. The molecule has 4 N–H and O–H groups in total.